The van der Waals surface area contributed by atoms with E-state index < -0.39 is 0 Å². The molecule has 3 rings (SSSR count). The van der Waals surface area contributed by atoms with Crippen LogP contribution in [0.3, 0.4) is 0 Å². The predicted molar refractivity (Wildman–Crippen MR) is 111 cm³/mol. The van der Waals surface area contributed by atoms with E-state index in [1.54, 1.807) is 12.1 Å². The molecular weight excluding hydrogens is 373 g/mol. The second-order valence-electron chi connectivity index (χ2n) is 7.67. The van der Waals surface area contributed by atoms with Crippen molar-refractivity contribution in [2.24, 2.45) is 5.41 Å². The van der Waals surface area contributed by atoms with Gasteiger partial charge in [0.05, 0.1) is 17.7 Å². The minimum Gasteiger partial charge on any atom is -0.489 e. The quantitative estimate of drug-likeness (QED) is 0.732. The summed E-state index contributed by atoms with van der Waals surface area (Å²) in [7, 11) is 0. The van der Waals surface area contributed by atoms with Crippen LogP contribution < -0.4 is 15.4 Å². The third-order valence-electron chi connectivity index (χ3n) is 4.47. The van der Waals surface area contributed by atoms with Gasteiger partial charge in [0.1, 0.15) is 18.2 Å². The zero-order valence-electron chi connectivity index (χ0n) is 16.0. The van der Waals surface area contributed by atoms with Crippen LogP contribution in [0.5, 0.6) is 5.75 Å². The summed E-state index contributed by atoms with van der Waals surface area (Å²) in [6, 6.07) is 15.8. The molecule has 2 aromatic rings. The average Bonchev–Trinajstić information content (AvgIpc) is 2.66. The molecule has 0 radical (unpaired) electrons. The van der Waals surface area contributed by atoms with Crippen molar-refractivity contribution in [3.8, 4) is 11.8 Å². The summed E-state index contributed by atoms with van der Waals surface area (Å²) in [4.78, 5) is 0. The van der Waals surface area contributed by atoms with E-state index in [0.717, 1.165) is 16.8 Å². The summed E-state index contributed by atoms with van der Waals surface area (Å²) < 4.78 is 18.7. The maximum Gasteiger partial charge on any atom is 0.171 e. The smallest absolute Gasteiger partial charge is 0.171 e. The Kier molecular flexibility index (Phi) is 5.66. The maximum absolute atomic E-state index is 13.0. The molecule has 0 aliphatic carbocycles. The highest BCUT2D eigenvalue weighted by molar-refractivity contribution is 7.80. The fourth-order valence-corrected chi connectivity index (χ4v) is 3.25. The molecule has 0 saturated heterocycles. The standard InChI is InChI=1S/C22H22FN3OS/c1-22(2,3)20-18(12-24)19(25-21(28)26-20)15-6-10-17(11-7-15)27-13-14-4-8-16(23)9-5-14/h4-11,19H,13H2,1-3H3,(H2,25,26,28)/t19-/m1/s1. The lowest BCUT2D eigenvalue weighted by molar-refractivity contribution is 0.306. The second kappa shape index (κ2) is 7.99. The Hall–Kier alpha value is -2.91. The predicted octanol–water partition coefficient (Wildman–Crippen LogP) is 4.75. The van der Waals surface area contributed by atoms with Gasteiger partial charge in [-0.15, -0.1) is 0 Å². The summed E-state index contributed by atoms with van der Waals surface area (Å²) >= 11 is 5.34. The van der Waals surface area contributed by atoms with Crippen LogP contribution in [0.1, 0.15) is 37.9 Å². The first-order valence-corrected chi connectivity index (χ1v) is 9.38. The Morgan fingerprint density at radius 3 is 2.32 bits per heavy atom. The summed E-state index contributed by atoms with van der Waals surface area (Å²) in [6.07, 6.45) is 0. The Morgan fingerprint density at radius 1 is 1.11 bits per heavy atom. The monoisotopic (exact) mass is 395 g/mol. The first-order chi connectivity index (χ1) is 13.3. The molecule has 0 aromatic heterocycles. The lowest BCUT2D eigenvalue weighted by Crippen LogP contribution is -2.46. The summed E-state index contributed by atoms with van der Waals surface area (Å²) in [5.74, 6) is 0.430. The van der Waals surface area contributed by atoms with Gasteiger partial charge in [0.25, 0.3) is 0 Å². The van der Waals surface area contributed by atoms with E-state index in [4.69, 9.17) is 17.0 Å². The Morgan fingerprint density at radius 2 is 1.75 bits per heavy atom. The molecule has 0 bridgehead atoms. The number of nitriles is 1. The van der Waals surface area contributed by atoms with Crippen molar-refractivity contribution in [3.05, 3.63) is 76.7 Å². The van der Waals surface area contributed by atoms with Crippen molar-refractivity contribution in [3.63, 3.8) is 0 Å². The molecule has 2 aromatic carbocycles. The van der Waals surface area contributed by atoms with Crippen molar-refractivity contribution in [2.45, 2.75) is 33.4 Å². The van der Waals surface area contributed by atoms with Crippen molar-refractivity contribution < 1.29 is 9.13 Å². The second-order valence-corrected chi connectivity index (χ2v) is 8.07. The van der Waals surface area contributed by atoms with Gasteiger partial charge >= 0.3 is 0 Å². The van der Waals surface area contributed by atoms with Crippen LogP contribution in [0, 0.1) is 22.6 Å². The number of allylic oxidation sites excluding steroid dienone is 1. The molecule has 4 nitrogen and oxygen atoms in total. The molecule has 1 atom stereocenters. The molecule has 1 aliphatic heterocycles. The fraction of sp³-hybridized carbons (Fsp3) is 0.273. The maximum atomic E-state index is 13.0. The van der Waals surface area contributed by atoms with E-state index in [1.807, 2.05) is 45.0 Å². The minimum absolute atomic E-state index is 0.228. The number of benzene rings is 2. The van der Waals surface area contributed by atoms with Crippen molar-refractivity contribution >= 4 is 17.3 Å². The van der Waals surface area contributed by atoms with Crippen molar-refractivity contribution in [1.29, 1.82) is 5.26 Å². The number of rotatable bonds is 4. The van der Waals surface area contributed by atoms with Crippen LogP contribution in [0.25, 0.3) is 0 Å². The lowest BCUT2D eigenvalue weighted by Gasteiger charge is -2.34. The number of thiocarbonyl (C=S) groups is 1. The largest absolute Gasteiger partial charge is 0.489 e. The molecule has 0 spiro atoms. The molecule has 0 amide bonds. The zero-order valence-corrected chi connectivity index (χ0v) is 16.9. The highest BCUT2D eigenvalue weighted by Gasteiger charge is 2.32. The van der Waals surface area contributed by atoms with E-state index >= 15 is 0 Å². The molecule has 0 unspecified atom stereocenters. The van der Waals surface area contributed by atoms with E-state index in [-0.39, 0.29) is 17.3 Å². The van der Waals surface area contributed by atoms with Gasteiger partial charge in [0.2, 0.25) is 0 Å². The Bertz CT molecular complexity index is 938. The van der Waals surface area contributed by atoms with Gasteiger partial charge in [0.15, 0.2) is 5.11 Å². The van der Waals surface area contributed by atoms with E-state index in [0.29, 0.717) is 23.0 Å². The van der Waals surface area contributed by atoms with Gasteiger partial charge in [-0.25, -0.2) is 4.39 Å². The SMILES string of the molecule is CC(C)(C)C1=C(C#N)[C@@H](c2ccc(OCc3ccc(F)cc3)cc2)NC(=S)N1. The first kappa shape index (κ1) is 19.8. The summed E-state index contributed by atoms with van der Waals surface area (Å²) in [5, 5.41) is 16.6. The average molecular weight is 396 g/mol. The van der Waals surface area contributed by atoms with E-state index in [1.165, 1.54) is 12.1 Å². The van der Waals surface area contributed by atoms with E-state index in [9.17, 15) is 9.65 Å². The number of hydrogen-bond donors (Lipinski definition) is 2. The molecule has 0 fully saturated rings. The Balaban J connectivity index is 1.79. The molecule has 1 aliphatic rings. The number of hydrogen-bond acceptors (Lipinski definition) is 3. The molecule has 6 heteroatoms. The van der Waals surface area contributed by atoms with Crippen LogP contribution in [0.2, 0.25) is 0 Å². The van der Waals surface area contributed by atoms with Crippen LogP contribution in [-0.2, 0) is 6.61 Å². The molecule has 1 heterocycles. The molecule has 0 saturated carbocycles. The number of nitrogens with one attached hydrogen (secondary N) is 2. The molecular formula is C22H22FN3OS. The third-order valence-corrected chi connectivity index (χ3v) is 4.69. The Labute approximate surface area is 170 Å². The van der Waals surface area contributed by atoms with Crippen molar-refractivity contribution in [2.75, 3.05) is 0 Å². The van der Waals surface area contributed by atoms with Crippen LogP contribution >= 0.6 is 12.2 Å². The van der Waals surface area contributed by atoms with Gasteiger partial charge in [-0.1, -0.05) is 45.0 Å². The number of ether oxygens (including phenoxy) is 1. The number of halogens is 1. The van der Waals surface area contributed by atoms with Gasteiger partial charge in [-0.2, -0.15) is 5.26 Å². The molecule has 2 N–H and O–H groups in total. The topological polar surface area (TPSA) is 57.1 Å². The van der Waals surface area contributed by atoms with Crippen molar-refractivity contribution in [1.82, 2.24) is 10.6 Å². The highest BCUT2D eigenvalue weighted by Crippen LogP contribution is 2.34. The highest BCUT2D eigenvalue weighted by atomic mass is 32.1. The lowest BCUT2D eigenvalue weighted by atomic mass is 9.84. The zero-order chi connectivity index (χ0) is 20.3. The minimum atomic E-state index is -0.306. The van der Waals surface area contributed by atoms with Crippen LogP contribution in [0.15, 0.2) is 59.8 Å². The fourth-order valence-electron chi connectivity index (χ4n) is 3.03. The first-order valence-electron chi connectivity index (χ1n) is 8.97. The molecule has 144 valence electrons. The molecule has 28 heavy (non-hydrogen) atoms. The normalized spacial score (nSPS) is 16.8. The van der Waals surface area contributed by atoms with Gasteiger partial charge in [-0.05, 0) is 47.6 Å². The van der Waals surface area contributed by atoms with Crippen LogP contribution in [0.4, 0.5) is 4.39 Å². The third kappa shape index (κ3) is 4.49. The number of nitrogens with zero attached hydrogens (tertiary/aromatic N) is 1. The van der Waals surface area contributed by atoms with Crippen LogP contribution in [-0.4, -0.2) is 5.11 Å². The van der Waals surface area contributed by atoms with Gasteiger partial charge in [-0.3, -0.25) is 0 Å². The van der Waals surface area contributed by atoms with E-state index in [2.05, 4.69) is 16.7 Å². The van der Waals surface area contributed by atoms with Gasteiger partial charge in [0, 0.05) is 11.1 Å². The summed E-state index contributed by atoms with van der Waals surface area (Å²) in [5.41, 5.74) is 3.05. The van der Waals surface area contributed by atoms with Gasteiger partial charge < -0.3 is 15.4 Å². The summed E-state index contributed by atoms with van der Waals surface area (Å²) in [6.45, 7) is 6.49.